The summed E-state index contributed by atoms with van der Waals surface area (Å²) in [6, 6.07) is 18.3. The molecule has 1 N–H and O–H groups in total. The monoisotopic (exact) mass is 296 g/mol. The molecule has 0 spiro atoms. The predicted octanol–water partition coefficient (Wildman–Crippen LogP) is 2.68. The normalized spacial score (nSPS) is 10.5. The van der Waals surface area contributed by atoms with E-state index < -0.39 is 0 Å². The van der Waals surface area contributed by atoms with E-state index in [0.717, 1.165) is 0 Å². The van der Waals surface area contributed by atoms with Crippen LogP contribution in [-0.2, 0) is 0 Å². The molecule has 2 aromatic carbocycles. The summed E-state index contributed by atoms with van der Waals surface area (Å²) in [6.45, 7) is 0. The van der Waals surface area contributed by atoms with Gasteiger partial charge in [0.15, 0.2) is 0 Å². The zero-order valence-corrected chi connectivity index (χ0v) is 11.8. The Morgan fingerprint density at radius 3 is 1.81 bits per heavy atom. The largest absolute Gasteiger partial charge is 0.493 e. The Balaban J connectivity index is 2.39. The molecule has 0 bridgehead atoms. The maximum absolute atomic E-state index is 12.5. The van der Waals surface area contributed by atoms with Gasteiger partial charge in [0.1, 0.15) is 5.56 Å². The molecule has 0 unspecified atom stereocenters. The molecule has 0 atom stereocenters. The Labute approximate surface area is 126 Å². The molecule has 0 radical (unpaired) electrons. The molecule has 0 saturated heterocycles. The third kappa shape index (κ3) is 2.17. The molecule has 5 heteroatoms. The lowest BCUT2D eigenvalue weighted by molar-refractivity contribution is 0.425. The van der Waals surface area contributed by atoms with E-state index in [2.05, 4.69) is 0 Å². The van der Waals surface area contributed by atoms with Crippen molar-refractivity contribution in [3.8, 4) is 17.3 Å². The van der Waals surface area contributed by atoms with Gasteiger partial charge in [-0.3, -0.25) is 4.79 Å². The van der Waals surface area contributed by atoms with Crippen LogP contribution in [0.15, 0.2) is 65.5 Å². The third-order valence-corrected chi connectivity index (χ3v) is 3.42. The van der Waals surface area contributed by atoms with Gasteiger partial charge in [-0.2, -0.15) is 0 Å². The number of hydrogen-bond acceptors (Lipinski definition) is 3. The van der Waals surface area contributed by atoms with Crippen molar-refractivity contribution < 1.29 is 5.11 Å². The highest BCUT2D eigenvalue weighted by Gasteiger charge is 2.19. The number of benzene rings is 2. The van der Waals surface area contributed by atoms with E-state index in [1.54, 1.807) is 12.1 Å². The molecule has 0 aliphatic carbocycles. The number of rotatable bonds is 3. The maximum Gasteiger partial charge on any atom is 0.283 e. The molecule has 1 heterocycles. The number of hydrogen-bond donors (Lipinski definition) is 1. The summed E-state index contributed by atoms with van der Waals surface area (Å²) in [5, 5.41) is 11.6. The van der Waals surface area contributed by atoms with Crippen LogP contribution in [-0.4, -0.2) is 19.8 Å². The third-order valence-electron chi connectivity index (χ3n) is 3.18. The smallest absolute Gasteiger partial charge is 0.283 e. The maximum atomic E-state index is 12.5. The average molecular weight is 296 g/mol. The minimum Gasteiger partial charge on any atom is -0.493 e. The van der Waals surface area contributed by atoms with Gasteiger partial charge >= 0.3 is 0 Å². The van der Waals surface area contributed by atoms with Crippen LogP contribution in [0.4, 0.5) is 0 Å². The summed E-state index contributed by atoms with van der Waals surface area (Å²) < 4.78 is 2.86. The zero-order chi connectivity index (χ0) is 14.8. The van der Waals surface area contributed by atoms with Gasteiger partial charge in [0.05, 0.1) is 11.4 Å². The highest BCUT2D eigenvalue weighted by atomic mass is 32.1. The highest BCUT2D eigenvalue weighted by molar-refractivity contribution is 7.79. The lowest BCUT2D eigenvalue weighted by atomic mass is 10.3. The van der Waals surface area contributed by atoms with Crippen LogP contribution in [0.25, 0.3) is 11.4 Å². The van der Waals surface area contributed by atoms with Crippen LogP contribution in [0.5, 0.6) is 5.88 Å². The van der Waals surface area contributed by atoms with Gasteiger partial charge in [0.2, 0.25) is 5.88 Å². The first-order valence-corrected chi connectivity index (χ1v) is 6.84. The molecule has 0 saturated carbocycles. The van der Waals surface area contributed by atoms with Crippen molar-refractivity contribution in [3.63, 3.8) is 0 Å². The van der Waals surface area contributed by atoms with E-state index in [9.17, 15) is 9.90 Å². The molecule has 0 aliphatic heterocycles. The molecule has 0 fully saturated rings. The number of para-hydroxylation sites is 2. The first-order chi connectivity index (χ1) is 10.2. The second kappa shape index (κ2) is 5.38. The van der Waals surface area contributed by atoms with Crippen LogP contribution < -0.4 is 5.56 Å². The summed E-state index contributed by atoms with van der Waals surface area (Å²) in [6.07, 6.45) is 0. The SMILES string of the molecule is O=c1c(C=S)c(O)n(-c2ccccc2)n1-c1ccccc1. The van der Waals surface area contributed by atoms with Crippen molar-refractivity contribution in [2.75, 3.05) is 0 Å². The van der Waals surface area contributed by atoms with Crippen molar-refractivity contribution in [1.82, 2.24) is 9.36 Å². The Morgan fingerprint density at radius 2 is 1.33 bits per heavy atom. The molecule has 0 amide bonds. The number of nitrogens with zero attached hydrogens (tertiary/aromatic N) is 2. The fraction of sp³-hybridized carbons (Fsp3) is 0. The Hall–Kier alpha value is -2.66. The molecule has 21 heavy (non-hydrogen) atoms. The molecular weight excluding hydrogens is 284 g/mol. The summed E-state index contributed by atoms with van der Waals surface area (Å²) in [5.41, 5.74) is 1.10. The fourth-order valence-electron chi connectivity index (χ4n) is 2.22. The summed E-state index contributed by atoms with van der Waals surface area (Å²) >= 11 is 4.85. The number of aromatic hydroxyl groups is 1. The second-order valence-corrected chi connectivity index (χ2v) is 4.69. The van der Waals surface area contributed by atoms with Gasteiger partial charge in [-0.05, 0) is 24.3 Å². The van der Waals surface area contributed by atoms with E-state index >= 15 is 0 Å². The van der Waals surface area contributed by atoms with Gasteiger partial charge in [-0.25, -0.2) is 9.36 Å². The van der Waals surface area contributed by atoms with Crippen molar-refractivity contribution in [1.29, 1.82) is 0 Å². The molecule has 104 valence electrons. The predicted molar refractivity (Wildman–Crippen MR) is 85.8 cm³/mol. The van der Waals surface area contributed by atoms with Gasteiger partial charge in [-0.15, -0.1) is 0 Å². The first-order valence-electron chi connectivity index (χ1n) is 6.37. The van der Waals surface area contributed by atoms with Crippen LogP contribution in [0, 0.1) is 0 Å². The lowest BCUT2D eigenvalue weighted by Gasteiger charge is -2.12. The van der Waals surface area contributed by atoms with Crippen LogP contribution in [0.1, 0.15) is 5.56 Å². The number of thiocarbonyl (C=S) groups is 1. The van der Waals surface area contributed by atoms with Gasteiger partial charge < -0.3 is 5.11 Å². The standard InChI is InChI=1S/C16H12N2O2S/c19-15-14(11-21)16(20)18(13-9-5-2-6-10-13)17(15)12-7-3-1-4-8-12/h1-11,19H. The van der Waals surface area contributed by atoms with Crippen molar-refractivity contribution >= 4 is 17.6 Å². The van der Waals surface area contributed by atoms with Crippen LogP contribution in [0.3, 0.4) is 0 Å². The van der Waals surface area contributed by atoms with E-state index in [-0.39, 0.29) is 17.0 Å². The minimum absolute atomic E-state index is 0.109. The van der Waals surface area contributed by atoms with Crippen LogP contribution >= 0.6 is 12.2 Å². The molecule has 4 nitrogen and oxygen atoms in total. The quantitative estimate of drug-likeness (QED) is 0.756. The fourth-order valence-corrected chi connectivity index (χ4v) is 2.43. The lowest BCUT2D eigenvalue weighted by Crippen LogP contribution is -2.21. The highest BCUT2D eigenvalue weighted by Crippen LogP contribution is 2.21. The van der Waals surface area contributed by atoms with Gasteiger partial charge in [-0.1, -0.05) is 48.6 Å². The molecule has 3 aromatic rings. The molecular formula is C16H12N2O2S. The van der Waals surface area contributed by atoms with Gasteiger partial charge in [0.25, 0.3) is 5.56 Å². The molecule has 1 aromatic heterocycles. The average Bonchev–Trinajstić information content (AvgIpc) is 2.79. The van der Waals surface area contributed by atoms with E-state index in [0.29, 0.717) is 11.4 Å². The molecule has 3 rings (SSSR count). The minimum atomic E-state index is -0.349. The Bertz CT molecular complexity index is 836. The van der Waals surface area contributed by atoms with E-state index in [1.807, 2.05) is 48.5 Å². The van der Waals surface area contributed by atoms with Crippen molar-refractivity contribution in [3.05, 3.63) is 76.6 Å². The Morgan fingerprint density at radius 1 is 0.857 bits per heavy atom. The zero-order valence-electron chi connectivity index (χ0n) is 11.0. The Kier molecular flexibility index (Phi) is 3.41. The van der Waals surface area contributed by atoms with Crippen molar-refractivity contribution in [2.24, 2.45) is 0 Å². The number of aromatic nitrogens is 2. The summed E-state index contributed by atoms with van der Waals surface area (Å²) in [5.74, 6) is -0.162. The van der Waals surface area contributed by atoms with Gasteiger partial charge in [0, 0.05) is 5.37 Å². The second-order valence-electron chi connectivity index (χ2n) is 4.45. The van der Waals surface area contributed by atoms with Crippen LogP contribution in [0.2, 0.25) is 0 Å². The summed E-state index contributed by atoms with van der Waals surface area (Å²) in [7, 11) is 0. The first kappa shape index (κ1) is 13.3. The topological polar surface area (TPSA) is 47.2 Å². The van der Waals surface area contributed by atoms with E-state index in [1.165, 1.54) is 14.7 Å². The van der Waals surface area contributed by atoms with Crippen molar-refractivity contribution in [2.45, 2.75) is 0 Å². The molecule has 0 aliphatic rings. The van der Waals surface area contributed by atoms with E-state index in [4.69, 9.17) is 12.2 Å². The summed E-state index contributed by atoms with van der Waals surface area (Å²) in [4.78, 5) is 12.5.